The molecule has 3 aromatic heterocycles. The monoisotopic (exact) mass is 391 g/mol. The van der Waals surface area contributed by atoms with Gasteiger partial charge in [0.2, 0.25) is 0 Å². The van der Waals surface area contributed by atoms with Gasteiger partial charge in [0.15, 0.2) is 0 Å². The number of nitrogens with one attached hydrogen (secondary N) is 2. The van der Waals surface area contributed by atoms with Crippen LogP contribution in [0.5, 0.6) is 0 Å². The summed E-state index contributed by atoms with van der Waals surface area (Å²) in [4.78, 5) is 17.4. The predicted octanol–water partition coefficient (Wildman–Crippen LogP) is 3.29. The summed E-state index contributed by atoms with van der Waals surface area (Å²) in [5.74, 6) is 0.610. The smallest absolute Gasteiger partial charge is 0.269 e. The molecule has 2 N–H and O–H groups in total. The van der Waals surface area contributed by atoms with E-state index in [4.69, 9.17) is 0 Å². The normalized spacial score (nSPS) is 11.5. The average molecular weight is 391 g/mol. The molecular weight excluding hydrogens is 366 g/mol. The first-order valence-corrected chi connectivity index (χ1v) is 9.66. The Bertz CT molecular complexity index is 1200. The Morgan fingerprint density at radius 3 is 2.69 bits per heavy atom. The molecule has 29 heavy (non-hydrogen) atoms. The van der Waals surface area contributed by atoms with Gasteiger partial charge < -0.3 is 9.88 Å². The Hall–Kier alpha value is -3.42. The van der Waals surface area contributed by atoms with Gasteiger partial charge in [-0.25, -0.2) is 4.98 Å². The maximum absolute atomic E-state index is 12.7. The molecule has 0 saturated heterocycles. The molecule has 4 aromatic rings. The van der Waals surface area contributed by atoms with Crippen molar-refractivity contribution in [3.63, 3.8) is 0 Å². The van der Waals surface area contributed by atoms with Crippen molar-refractivity contribution < 1.29 is 4.79 Å². The Labute approximate surface area is 169 Å². The minimum atomic E-state index is -0.217. The molecule has 0 bridgehead atoms. The van der Waals surface area contributed by atoms with Gasteiger partial charge in [0.25, 0.3) is 5.91 Å². The minimum absolute atomic E-state index is 0.217. The van der Waals surface area contributed by atoms with Gasteiger partial charge >= 0.3 is 0 Å². The summed E-state index contributed by atoms with van der Waals surface area (Å²) in [7, 11) is 1.90. The quantitative estimate of drug-likeness (QED) is 0.546. The summed E-state index contributed by atoms with van der Waals surface area (Å²) >= 11 is 0. The molecule has 8 heteroatoms. The third-order valence-electron chi connectivity index (χ3n) is 5.18. The van der Waals surface area contributed by atoms with Gasteiger partial charge in [0, 0.05) is 24.3 Å². The molecule has 0 radical (unpaired) electrons. The summed E-state index contributed by atoms with van der Waals surface area (Å²) in [6.07, 6.45) is 0. The Morgan fingerprint density at radius 2 is 2.00 bits per heavy atom. The molecule has 0 spiro atoms. The number of H-pyrrole nitrogens is 1. The van der Waals surface area contributed by atoms with Crippen LogP contribution in [0.25, 0.3) is 22.3 Å². The standard InChI is InChI=1S/C21H25N7O/c1-12(2)28-18-9-7-6-8-15(18)23-19(28)11-22-21(29)17-10-16(24-25-17)20-13(3)26-27(5)14(20)4/h6-10,12H,11H2,1-5H3,(H,22,29)(H,24,25). The second-order valence-electron chi connectivity index (χ2n) is 7.50. The summed E-state index contributed by atoms with van der Waals surface area (Å²) in [5, 5.41) is 14.5. The van der Waals surface area contributed by atoms with Crippen LogP contribution in [0.15, 0.2) is 30.3 Å². The number of imidazole rings is 1. The number of nitrogens with zero attached hydrogens (tertiary/aromatic N) is 5. The molecule has 4 rings (SSSR count). The topological polar surface area (TPSA) is 93.4 Å². The number of aryl methyl sites for hydroxylation is 2. The number of aromatic nitrogens is 6. The third-order valence-corrected chi connectivity index (χ3v) is 5.18. The number of hydrogen-bond donors (Lipinski definition) is 2. The molecule has 1 aromatic carbocycles. The van der Waals surface area contributed by atoms with Crippen molar-refractivity contribution in [1.82, 2.24) is 34.8 Å². The molecule has 0 fully saturated rings. The largest absolute Gasteiger partial charge is 0.343 e. The van der Waals surface area contributed by atoms with Gasteiger partial charge in [-0.3, -0.25) is 14.6 Å². The average Bonchev–Trinajstić information content (AvgIpc) is 3.36. The lowest BCUT2D eigenvalue weighted by molar-refractivity contribution is 0.0944. The van der Waals surface area contributed by atoms with E-state index in [1.807, 2.05) is 49.8 Å². The van der Waals surface area contributed by atoms with Crippen LogP contribution < -0.4 is 5.32 Å². The number of aromatic amines is 1. The number of carbonyl (C=O) groups excluding carboxylic acids is 1. The molecule has 3 heterocycles. The number of rotatable bonds is 5. The van der Waals surface area contributed by atoms with Gasteiger partial charge in [-0.05, 0) is 45.9 Å². The zero-order valence-corrected chi connectivity index (χ0v) is 17.3. The number of benzene rings is 1. The van der Waals surface area contributed by atoms with E-state index in [0.717, 1.165) is 33.8 Å². The fraction of sp³-hybridized carbons (Fsp3) is 0.333. The molecule has 0 atom stereocenters. The lowest BCUT2D eigenvalue weighted by atomic mass is 10.1. The highest BCUT2D eigenvalue weighted by Gasteiger charge is 2.18. The first-order chi connectivity index (χ1) is 13.9. The summed E-state index contributed by atoms with van der Waals surface area (Å²) in [6.45, 7) is 8.48. The number of fused-ring (bicyclic) bond motifs is 1. The molecular formula is C21H25N7O. The minimum Gasteiger partial charge on any atom is -0.343 e. The molecule has 0 saturated carbocycles. The van der Waals surface area contributed by atoms with E-state index in [0.29, 0.717) is 17.9 Å². The first-order valence-electron chi connectivity index (χ1n) is 9.66. The van der Waals surface area contributed by atoms with E-state index < -0.39 is 0 Å². The van der Waals surface area contributed by atoms with Crippen molar-refractivity contribution in [2.24, 2.45) is 7.05 Å². The maximum atomic E-state index is 12.7. The highest BCUT2D eigenvalue weighted by Crippen LogP contribution is 2.25. The van der Waals surface area contributed by atoms with Crippen LogP contribution in [0.1, 0.15) is 47.6 Å². The second kappa shape index (κ2) is 7.20. The number of hydrogen-bond acceptors (Lipinski definition) is 4. The fourth-order valence-electron chi connectivity index (χ4n) is 3.76. The first kappa shape index (κ1) is 18.9. The fourth-order valence-corrected chi connectivity index (χ4v) is 3.76. The van der Waals surface area contributed by atoms with E-state index in [1.54, 1.807) is 6.07 Å². The SMILES string of the molecule is Cc1nn(C)c(C)c1-c1cc(C(=O)NCc2nc3ccccc3n2C(C)C)[nH]n1. The van der Waals surface area contributed by atoms with E-state index in [9.17, 15) is 4.79 Å². The van der Waals surface area contributed by atoms with Crippen molar-refractivity contribution in [3.8, 4) is 11.3 Å². The third kappa shape index (κ3) is 3.30. The summed E-state index contributed by atoms with van der Waals surface area (Å²) in [5.41, 5.74) is 5.96. The van der Waals surface area contributed by atoms with E-state index >= 15 is 0 Å². The van der Waals surface area contributed by atoms with Crippen molar-refractivity contribution in [2.45, 2.75) is 40.3 Å². The number of amides is 1. The van der Waals surface area contributed by atoms with Crippen molar-refractivity contribution >= 4 is 16.9 Å². The Balaban J connectivity index is 1.55. The van der Waals surface area contributed by atoms with Crippen LogP contribution in [0, 0.1) is 13.8 Å². The van der Waals surface area contributed by atoms with E-state index in [-0.39, 0.29) is 11.9 Å². The van der Waals surface area contributed by atoms with Gasteiger partial charge in [0.05, 0.1) is 29.0 Å². The summed E-state index contributed by atoms with van der Waals surface area (Å²) in [6, 6.07) is 10.0. The van der Waals surface area contributed by atoms with Gasteiger partial charge in [-0.2, -0.15) is 10.2 Å². The zero-order valence-electron chi connectivity index (χ0n) is 17.3. The lowest BCUT2D eigenvalue weighted by Crippen LogP contribution is -2.25. The van der Waals surface area contributed by atoms with Crippen LogP contribution in [0.2, 0.25) is 0 Å². The van der Waals surface area contributed by atoms with Gasteiger partial charge in [0.1, 0.15) is 11.5 Å². The molecule has 0 unspecified atom stereocenters. The Morgan fingerprint density at radius 1 is 1.24 bits per heavy atom. The highest BCUT2D eigenvalue weighted by atomic mass is 16.1. The molecule has 0 aliphatic heterocycles. The van der Waals surface area contributed by atoms with Crippen LogP contribution in [0.4, 0.5) is 0 Å². The van der Waals surface area contributed by atoms with Crippen molar-refractivity contribution in [1.29, 1.82) is 0 Å². The van der Waals surface area contributed by atoms with E-state index in [1.165, 1.54) is 0 Å². The number of para-hydroxylation sites is 2. The van der Waals surface area contributed by atoms with Crippen LogP contribution in [0.3, 0.4) is 0 Å². The highest BCUT2D eigenvalue weighted by molar-refractivity contribution is 5.93. The van der Waals surface area contributed by atoms with Crippen molar-refractivity contribution in [2.75, 3.05) is 0 Å². The summed E-state index contributed by atoms with van der Waals surface area (Å²) < 4.78 is 3.96. The molecule has 0 aliphatic carbocycles. The Kier molecular flexibility index (Phi) is 4.70. The van der Waals surface area contributed by atoms with Crippen molar-refractivity contribution in [3.05, 3.63) is 53.2 Å². The lowest BCUT2D eigenvalue weighted by Gasteiger charge is -2.13. The molecule has 0 aliphatic rings. The van der Waals surface area contributed by atoms with Crippen LogP contribution in [-0.2, 0) is 13.6 Å². The predicted molar refractivity (Wildman–Crippen MR) is 112 cm³/mol. The number of carbonyl (C=O) groups is 1. The zero-order chi connectivity index (χ0) is 20.7. The molecule has 1 amide bonds. The maximum Gasteiger partial charge on any atom is 0.269 e. The van der Waals surface area contributed by atoms with Crippen LogP contribution >= 0.6 is 0 Å². The second-order valence-corrected chi connectivity index (χ2v) is 7.50. The van der Waals surface area contributed by atoms with Crippen LogP contribution in [-0.4, -0.2) is 35.4 Å². The van der Waals surface area contributed by atoms with E-state index in [2.05, 4.69) is 44.0 Å². The molecule has 8 nitrogen and oxygen atoms in total. The van der Waals surface area contributed by atoms with Gasteiger partial charge in [-0.1, -0.05) is 12.1 Å². The van der Waals surface area contributed by atoms with Gasteiger partial charge in [-0.15, -0.1) is 0 Å². The molecule has 150 valence electrons.